The van der Waals surface area contributed by atoms with Crippen LogP contribution in [0.1, 0.15) is 41.8 Å². The molecule has 0 aliphatic carbocycles. The molecular formula is C14H20N2OS. The number of aryl methyl sites for hydroxylation is 2. The molecule has 0 bridgehead atoms. The standard InChI is InChI=1S/C14H20N2OS/c1-3-7-16-10-15-9-13(16)14(17)8-12-6-5-11(4-2)18-12/h5-6,9-10,14,17H,3-4,7-8H2,1-2H3. The quantitative estimate of drug-likeness (QED) is 0.870. The Labute approximate surface area is 112 Å². The van der Waals surface area contributed by atoms with Crippen LogP contribution < -0.4 is 0 Å². The first kappa shape index (κ1) is 13.3. The second-order valence-corrected chi connectivity index (χ2v) is 5.71. The van der Waals surface area contributed by atoms with Crippen LogP contribution in [0, 0.1) is 0 Å². The monoisotopic (exact) mass is 264 g/mol. The first-order chi connectivity index (χ1) is 8.74. The average molecular weight is 264 g/mol. The second-order valence-electron chi connectivity index (χ2n) is 4.45. The number of aliphatic hydroxyl groups is 1. The maximum atomic E-state index is 10.3. The fourth-order valence-electron chi connectivity index (χ4n) is 2.05. The van der Waals surface area contributed by atoms with Crippen LogP contribution >= 0.6 is 11.3 Å². The molecule has 0 aromatic carbocycles. The molecule has 0 aliphatic rings. The van der Waals surface area contributed by atoms with Crippen LogP contribution in [-0.2, 0) is 19.4 Å². The van der Waals surface area contributed by atoms with E-state index in [-0.39, 0.29) is 0 Å². The first-order valence-corrected chi connectivity index (χ1v) is 7.31. The van der Waals surface area contributed by atoms with E-state index in [2.05, 4.69) is 31.0 Å². The molecule has 2 aromatic rings. The molecule has 0 saturated carbocycles. The van der Waals surface area contributed by atoms with Crippen LogP contribution in [0.15, 0.2) is 24.7 Å². The van der Waals surface area contributed by atoms with Crippen LogP contribution in [0.4, 0.5) is 0 Å². The van der Waals surface area contributed by atoms with Crippen molar-refractivity contribution in [2.45, 2.75) is 45.8 Å². The van der Waals surface area contributed by atoms with Gasteiger partial charge in [-0.1, -0.05) is 13.8 Å². The zero-order valence-electron chi connectivity index (χ0n) is 11.0. The van der Waals surface area contributed by atoms with E-state index in [0.29, 0.717) is 6.42 Å². The van der Waals surface area contributed by atoms with Gasteiger partial charge in [0.15, 0.2) is 0 Å². The molecular weight excluding hydrogens is 244 g/mol. The molecule has 98 valence electrons. The highest BCUT2D eigenvalue weighted by atomic mass is 32.1. The predicted octanol–water partition coefficient (Wildman–Crippen LogP) is 3.19. The van der Waals surface area contributed by atoms with Crippen molar-refractivity contribution in [3.05, 3.63) is 40.1 Å². The van der Waals surface area contributed by atoms with Gasteiger partial charge in [0.2, 0.25) is 0 Å². The van der Waals surface area contributed by atoms with Gasteiger partial charge in [0, 0.05) is 22.7 Å². The number of rotatable bonds is 6. The Morgan fingerprint density at radius 2 is 2.11 bits per heavy atom. The van der Waals surface area contributed by atoms with Crippen molar-refractivity contribution in [3.63, 3.8) is 0 Å². The number of hydrogen-bond donors (Lipinski definition) is 1. The minimum Gasteiger partial charge on any atom is -0.386 e. The normalized spacial score (nSPS) is 12.8. The molecule has 0 radical (unpaired) electrons. The van der Waals surface area contributed by atoms with Gasteiger partial charge in [-0.2, -0.15) is 0 Å². The number of aliphatic hydroxyl groups excluding tert-OH is 1. The Hall–Kier alpha value is -1.13. The number of imidazole rings is 1. The number of thiophene rings is 1. The fraction of sp³-hybridized carbons (Fsp3) is 0.500. The molecule has 1 unspecified atom stereocenters. The molecule has 1 atom stereocenters. The number of aromatic nitrogens is 2. The Balaban J connectivity index is 2.06. The maximum absolute atomic E-state index is 10.3. The van der Waals surface area contributed by atoms with E-state index >= 15 is 0 Å². The zero-order valence-corrected chi connectivity index (χ0v) is 11.8. The lowest BCUT2D eigenvalue weighted by molar-refractivity contribution is 0.169. The summed E-state index contributed by atoms with van der Waals surface area (Å²) in [6.45, 7) is 5.20. The lowest BCUT2D eigenvalue weighted by atomic mass is 10.1. The van der Waals surface area contributed by atoms with Crippen LogP contribution in [0.5, 0.6) is 0 Å². The van der Waals surface area contributed by atoms with E-state index < -0.39 is 6.10 Å². The van der Waals surface area contributed by atoms with Gasteiger partial charge in [0.1, 0.15) is 6.10 Å². The summed E-state index contributed by atoms with van der Waals surface area (Å²) in [6, 6.07) is 4.27. The predicted molar refractivity (Wildman–Crippen MR) is 74.9 cm³/mol. The van der Waals surface area contributed by atoms with Gasteiger partial charge in [0.25, 0.3) is 0 Å². The van der Waals surface area contributed by atoms with Crippen molar-refractivity contribution in [1.82, 2.24) is 9.55 Å². The van der Waals surface area contributed by atoms with Crippen molar-refractivity contribution in [1.29, 1.82) is 0 Å². The Kier molecular flexibility index (Phi) is 4.55. The van der Waals surface area contributed by atoms with E-state index in [0.717, 1.165) is 25.1 Å². The van der Waals surface area contributed by atoms with Crippen molar-refractivity contribution in [2.75, 3.05) is 0 Å². The van der Waals surface area contributed by atoms with E-state index in [1.165, 1.54) is 9.75 Å². The summed E-state index contributed by atoms with van der Waals surface area (Å²) in [7, 11) is 0. The number of nitrogens with zero attached hydrogens (tertiary/aromatic N) is 2. The molecule has 2 aromatic heterocycles. The number of hydrogen-bond acceptors (Lipinski definition) is 3. The molecule has 3 nitrogen and oxygen atoms in total. The lowest BCUT2D eigenvalue weighted by Crippen LogP contribution is -2.08. The van der Waals surface area contributed by atoms with Gasteiger partial charge in [-0.25, -0.2) is 4.98 Å². The van der Waals surface area contributed by atoms with Crippen molar-refractivity contribution >= 4 is 11.3 Å². The van der Waals surface area contributed by atoms with Gasteiger partial charge >= 0.3 is 0 Å². The maximum Gasteiger partial charge on any atom is 0.100 e. The Bertz CT molecular complexity index is 489. The van der Waals surface area contributed by atoms with E-state index in [1.54, 1.807) is 23.9 Å². The summed E-state index contributed by atoms with van der Waals surface area (Å²) in [4.78, 5) is 6.74. The summed E-state index contributed by atoms with van der Waals surface area (Å²) >= 11 is 1.79. The third-order valence-electron chi connectivity index (χ3n) is 3.01. The molecule has 0 spiro atoms. The molecule has 0 saturated heterocycles. The summed E-state index contributed by atoms with van der Waals surface area (Å²) in [5, 5.41) is 10.3. The topological polar surface area (TPSA) is 38.0 Å². The SMILES string of the molecule is CCCn1cncc1C(O)Cc1ccc(CC)s1. The largest absolute Gasteiger partial charge is 0.386 e. The third-order valence-corrected chi connectivity index (χ3v) is 4.26. The smallest absolute Gasteiger partial charge is 0.100 e. The van der Waals surface area contributed by atoms with E-state index in [1.807, 2.05) is 4.57 Å². The Morgan fingerprint density at radius 3 is 2.78 bits per heavy atom. The van der Waals surface area contributed by atoms with Gasteiger partial charge in [-0.15, -0.1) is 11.3 Å². The van der Waals surface area contributed by atoms with Crippen LogP contribution in [0.2, 0.25) is 0 Å². The molecule has 0 fully saturated rings. The van der Waals surface area contributed by atoms with Gasteiger partial charge in [0.05, 0.1) is 18.2 Å². The van der Waals surface area contributed by atoms with Crippen LogP contribution in [0.3, 0.4) is 0 Å². The Morgan fingerprint density at radius 1 is 1.33 bits per heavy atom. The van der Waals surface area contributed by atoms with Crippen LogP contribution in [0.25, 0.3) is 0 Å². The summed E-state index contributed by atoms with van der Waals surface area (Å²) in [6.07, 6.45) is 5.91. The van der Waals surface area contributed by atoms with Crippen molar-refractivity contribution in [3.8, 4) is 0 Å². The average Bonchev–Trinajstić information content (AvgIpc) is 2.98. The highest BCUT2D eigenvalue weighted by Crippen LogP contribution is 2.24. The fourth-order valence-corrected chi connectivity index (χ4v) is 3.05. The highest BCUT2D eigenvalue weighted by Gasteiger charge is 2.14. The van der Waals surface area contributed by atoms with E-state index in [9.17, 15) is 5.11 Å². The van der Waals surface area contributed by atoms with Crippen LogP contribution in [-0.4, -0.2) is 14.7 Å². The second kappa shape index (κ2) is 6.16. The molecule has 4 heteroatoms. The molecule has 18 heavy (non-hydrogen) atoms. The minimum atomic E-state index is -0.456. The summed E-state index contributed by atoms with van der Waals surface area (Å²) < 4.78 is 2.04. The van der Waals surface area contributed by atoms with Crippen molar-refractivity contribution < 1.29 is 5.11 Å². The highest BCUT2D eigenvalue weighted by molar-refractivity contribution is 7.11. The van der Waals surface area contributed by atoms with Crippen molar-refractivity contribution in [2.24, 2.45) is 0 Å². The first-order valence-electron chi connectivity index (χ1n) is 6.50. The van der Waals surface area contributed by atoms with Gasteiger partial charge in [-0.05, 0) is 25.0 Å². The van der Waals surface area contributed by atoms with Gasteiger partial charge in [-0.3, -0.25) is 0 Å². The van der Waals surface area contributed by atoms with E-state index in [4.69, 9.17) is 0 Å². The molecule has 0 amide bonds. The van der Waals surface area contributed by atoms with Gasteiger partial charge < -0.3 is 9.67 Å². The lowest BCUT2D eigenvalue weighted by Gasteiger charge is -2.12. The third kappa shape index (κ3) is 3.00. The molecule has 1 N–H and O–H groups in total. The molecule has 0 aliphatic heterocycles. The molecule has 2 heterocycles. The summed E-state index contributed by atoms with van der Waals surface area (Å²) in [5.41, 5.74) is 0.920. The zero-order chi connectivity index (χ0) is 13.0. The summed E-state index contributed by atoms with van der Waals surface area (Å²) in [5.74, 6) is 0. The minimum absolute atomic E-state index is 0.456. The molecule has 2 rings (SSSR count).